The molecule has 0 aliphatic heterocycles. The van der Waals surface area contributed by atoms with Crippen LogP contribution in [-0.2, 0) is 0 Å². The lowest BCUT2D eigenvalue weighted by Gasteiger charge is -2.30. The molecule has 1 atom stereocenters. The van der Waals surface area contributed by atoms with Crippen LogP contribution < -0.4 is 0 Å². The van der Waals surface area contributed by atoms with E-state index in [-0.39, 0.29) is 6.61 Å². The van der Waals surface area contributed by atoms with Crippen LogP contribution in [0.1, 0.15) is 38.3 Å². The predicted molar refractivity (Wildman–Crippen MR) is 73.4 cm³/mol. The highest BCUT2D eigenvalue weighted by atomic mass is 35.5. The monoisotopic (exact) mass is 255 g/mol. The summed E-state index contributed by atoms with van der Waals surface area (Å²) < 4.78 is 0. The third-order valence-corrected chi connectivity index (χ3v) is 3.36. The van der Waals surface area contributed by atoms with Crippen LogP contribution in [0, 0.1) is 0 Å². The van der Waals surface area contributed by atoms with Gasteiger partial charge < -0.3 is 5.11 Å². The van der Waals surface area contributed by atoms with Crippen LogP contribution in [0.4, 0.5) is 0 Å². The van der Waals surface area contributed by atoms with E-state index in [1.165, 1.54) is 5.56 Å². The van der Waals surface area contributed by atoms with Crippen molar-refractivity contribution in [1.82, 2.24) is 4.90 Å². The van der Waals surface area contributed by atoms with Crippen LogP contribution in [0.3, 0.4) is 0 Å². The van der Waals surface area contributed by atoms with Gasteiger partial charge in [-0.25, -0.2) is 0 Å². The zero-order valence-corrected chi connectivity index (χ0v) is 11.5. The van der Waals surface area contributed by atoms with E-state index >= 15 is 0 Å². The van der Waals surface area contributed by atoms with Crippen molar-refractivity contribution in [1.29, 1.82) is 0 Å². The Morgan fingerprint density at radius 3 is 2.53 bits per heavy atom. The SMILES string of the molecule is CCN(CC)C(CCCO)c1cccc(Cl)c1. The van der Waals surface area contributed by atoms with Crippen LogP contribution in [-0.4, -0.2) is 29.7 Å². The Morgan fingerprint density at radius 1 is 1.29 bits per heavy atom. The van der Waals surface area contributed by atoms with Crippen LogP contribution in [0.15, 0.2) is 24.3 Å². The van der Waals surface area contributed by atoms with E-state index in [9.17, 15) is 0 Å². The molecule has 1 unspecified atom stereocenters. The number of benzene rings is 1. The molecule has 0 bridgehead atoms. The quantitative estimate of drug-likeness (QED) is 0.806. The van der Waals surface area contributed by atoms with Crippen molar-refractivity contribution in [3.63, 3.8) is 0 Å². The van der Waals surface area contributed by atoms with Gasteiger partial charge in [-0.15, -0.1) is 0 Å². The lowest BCUT2D eigenvalue weighted by atomic mass is 10.0. The fraction of sp³-hybridized carbons (Fsp3) is 0.571. The maximum Gasteiger partial charge on any atom is 0.0431 e. The first-order valence-corrected chi connectivity index (χ1v) is 6.71. The summed E-state index contributed by atoms with van der Waals surface area (Å²) >= 11 is 6.05. The Balaban J connectivity index is 2.88. The third-order valence-electron chi connectivity index (χ3n) is 3.12. The molecule has 0 amide bonds. The maximum absolute atomic E-state index is 9.00. The molecular formula is C14H22ClNO. The van der Waals surface area contributed by atoms with Crippen molar-refractivity contribution in [3.8, 4) is 0 Å². The van der Waals surface area contributed by atoms with Gasteiger partial charge in [0.25, 0.3) is 0 Å². The average molecular weight is 256 g/mol. The largest absolute Gasteiger partial charge is 0.396 e. The third kappa shape index (κ3) is 4.30. The van der Waals surface area contributed by atoms with E-state index in [4.69, 9.17) is 16.7 Å². The molecular weight excluding hydrogens is 234 g/mol. The minimum absolute atomic E-state index is 0.248. The van der Waals surface area contributed by atoms with E-state index in [2.05, 4.69) is 24.8 Å². The first-order valence-electron chi connectivity index (χ1n) is 6.33. The van der Waals surface area contributed by atoms with Gasteiger partial charge in [0.15, 0.2) is 0 Å². The fourth-order valence-corrected chi connectivity index (χ4v) is 2.42. The van der Waals surface area contributed by atoms with E-state index < -0.39 is 0 Å². The Bertz CT molecular complexity index is 326. The maximum atomic E-state index is 9.00. The number of hydrogen-bond acceptors (Lipinski definition) is 2. The molecule has 1 N–H and O–H groups in total. The van der Waals surface area contributed by atoms with Crippen molar-refractivity contribution in [2.45, 2.75) is 32.7 Å². The topological polar surface area (TPSA) is 23.5 Å². The highest BCUT2D eigenvalue weighted by Gasteiger charge is 2.17. The number of aliphatic hydroxyl groups is 1. The molecule has 3 heteroatoms. The first-order chi connectivity index (χ1) is 8.22. The van der Waals surface area contributed by atoms with Crippen molar-refractivity contribution < 1.29 is 5.11 Å². The van der Waals surface area contributed by atoms with Crippen LogP contribution in [0.2, 0.25) is 5.02 Å². The number of hydrogen-bond donors (Lipinski definition) is 1. The summed E-state index contributed by atoms with van der Waals surface area (Å²) in [6, 6.07) is 8.40. The van der Waals surface area contributed by atoms with E-state index in [0.29, 0.717) is 6.04 Å². The molecule has 17 heavy (non-hydrogen) atoms. The molecule has 1 aromatic rings. The molecule has 0 aliphatic carbocycles. The van der Waals surface area contributed by atoms with Crippen LogP contribution >= 0.6 is 11.6 Å². The van der Waals surface area contributed by atoms with Crippen molar-refractivity contribution in [2.75, 3.05) is 19.7 Å². The fourth-order valence-electron chi connectivity index (χ4n) is 2.22. The lowest BCUT2D eigenvalue weighted by Crippen LogP contribution is -2.28. The zero-order chi connectivity index (χ0) is 12.7. The minimum atomic E-state index is 0.248. The van der Waals surface area contributed by atoms with Gasteiger partial charge in [0.2, 0.25) is 0 Å². The summed E-state index contributed by atoms with van der Waals surface area (Å²) in [7, 11) is 0. The van der Waals surface area contributed by atoms with Gasteiger partial charge in [0.1, 0.15) is 0 Å². The van der Waals surface area contributed by atoms with Gasteiger partial charge in [-0.3, -0.25) is 4.90 Å². The minimum Gasteiger partial charge on any atom is -0.396 e. The molecule has 1 rings (SSSR count). The van der Waals surface area contributed by atoms with Crippen LogP contribution in [0.25, 0.3) is 0 Å². The van der Waals surface area contributed by atoms with Gasteiger partial charge in [0, 0.05) is 17.7 Å². The summed E-state index contributed by atoms with van der Waals surface area (Å²) in [4.78, 5) is 2.40. The smallest absolute Gasteiger partial charge is 0.0431 e. The summed E-state index contributed by atoms with van der Waals surface area (Å²) in [6.45, 7) is 6.61. The van der Waals surface area contributed by atoms with E-state index in [1.807, 2.05) is 18.2 Å². The average Bonchev–Trinajstić information content (AvgIpc) is 2.34. The number of rotatable bonds is 7. The van der Waals surface area contributed by atoms with E-state index in [1.54, 1.807) is 0 Å². The van der Waals surface area contributed by atoms with Crippen LogP contribution in [0.5, 0.6) is 0 Å². The summed E-state index contributed by atoms with van der Waals surface area (Å²) in [5.74, 6) is 0. The zero-order valence-electron chi connectivity index (χ0n) is 10.7. The molecule has 0 aliphatic rings. The second kappa shape index (κ2) is 7.70. The second-order valence-electron chi connectivity index (χ2n) is 4.16. The van der Waals surface area contributed by atoms with E-state index in [0.717, 1.165) is 31.0 Å². The van der Waals surface area contributed by atoms with Crippen molar-refractivity contribution in [3.05, 3.63) is 34.9 Å². The normalized spacial score (nSPS) is 13.0. The summed E-state index contributed by atoms with van der Waals surface area (Å²) in [5.41, 5.74) is 1.25. The molecule has 0 heterocycles. The first kappa shape index (κ1) is 14.5. The van der Waals surface area contributed by atoms with Crippen molar-refractivity contribution >= 4 is 11.6 Å². The Morgan fingerprint density at radius 2 is 2.00 bits per heavy atom. The second-order valence-corrected chi connectivity index (χ2v) is 4.59. The number of nitrogens with zero attached hydrogens (tertiary/aromatic N) is 1. The number of aliphatic hydroxyl groups excluding tert-OH is 1. The predicted octanol–water partition coefficient (Wildman–Crippen LogP) is 3.50. The molecule has 96 valence electrons. The standard InChI is InChI=1S/C14H22ClNO/c1-3-16(4-2)14(9-6-10-17)12-7-5-8-13(15)11-12/h5,7-8,11,14,17H,3-4,6,9-10H2,1-2H3. The molecule has 0 saturated carbocycles. The summed E-state index contributed by atoms with van der Waals surface area (Å²) in [6.07, 6.45) is 1.80. The van der Waals surface area contributed by atoms with Gasteiger partial charge in [-0.1, -0.05) is 37.6 Å². The molecule has 0 saturated heterocycles. The highest BCUT2D eigenvalue weighted by Crippen LogP contribution is 2.27. The molecule has 1 aromatic carbocycles. The molecule has 0 radical (unpaired) electrons. The number of halogens is 1. The molecule has 2 nitrogen and oxygen atoms in total. The van der Waals surface area contributed by atoms with Gasteiger partial charge in [-0.05, 0) is 43.6 Å². The Hall–Kier alpha value is -0.570. The Labute approximate surface area is 109 Å². The molecule has 0 spiro atoms. The summed E-state index contributed by atoms with van der Waals surface area (Å²) in [5, 5.41) is 9.78. The van der Waals surface area contributed by atoms with Gasteiger partial charge >= 0.3 is 0 Å². The molecule has 0 aromatic heterocycles. The van der Waals surface area contributed by atoms with Crippen molar-refractivity contribution in [2.24, 2.45) is 0 Å². The lowest BCUT2D eigenvalue weighted by molar-refractivity contribution is 0.189. The van der Waals surface area contributed by atoms with Gasteiger partial charge in [-0.2, -0.15) is 0 Å². The highest BCUT2D eigenvalue weighted by molar-refractivity contribution is 6.30. The van der Waals surface area contributed by atoms with Gasteiger partial charge in [0.05, 0.1) is 0 Å². The Kier molecular flexibility index (Phi) is 6.56. The molecule has 0 fully saturated rings.